The Bertz CT molecular complexity index is 490. The second-order valence-electron chi connectivity index (χ2n) is 7.81. The number of likely N-dealkylation sites (tertiary alicyclic amines) is 1. The summed E-state index contributed by atoms with van der Waals surface area (Å²) in [4.78, 5) is 39.1. The van der Waals surface area contributed by atoms with Gasteiger partial charge in [-0.25, -0.2) is 0 Å². The maximum atomic E-state index is 12.6. The zero-order valence-electron chi connectivity index (χ0n) is 15.2. The Labute approximate surface area is 143 Å². The van der Waals surface area contributed by atoms with E-state index < -0.39 is 23.4 Å². The molecule has 0 aromatic rings. The largest absolute Gasteiger partial charge is 0.469 e. The van der Waals surface area contributed by atoms with Crippen LogP contribution in [-0.2, 0) is 23.9 Å². The molecule has 0 aromatic heterocycles. The van der Waals surface area contributed by atoms with Crippen LogP contribution in [0.4, 0.5) is 0 Å². The van der Waals surface area contributed by atoms with Gasteiger partial charge in [0, 0.05) is 19.0 Å². The van der Waals surface area contributed by atoms with E-state index >= 15 is 0 Å². The molecule has 1 aliphatic carbocycles. The van der Waals surface area contributed by atoms with Gasteiger partial charge in [0.1, 0.15) is 5.60 Å². The zero-order valence-corrected chi connectivity index (χ0v) is 15.2. The Morgan fingerprint density at radius 2 is 1.58 bits per heavy atom. The fraction of sp³-hybridized carbons (Fsp3) is 0.833. The van der Waals surface area contributed by atoms with Crippen molar-refractivity contribution in [3.05, 3.63) is 0 Å². The molecule has 0 spiro atoms. The van der Waals surface area contributed by atoms with E-state index in [4.69, 9.17) is 9.47 Å². The van der Waals surface area contributed by atoms with E-state index in [1.54, 1.807) is 20.8 Å². The van der Waals surface area contributed by atoms with Crippen LogP contribution < -0.4 is 0 Å². The summed E-state index contributed by atoms with van der Waals surface area (Å²) < 4.78 is 10.3. The summed E-state index contributed by atoms with van der Waals surface area (Å²) in [6.45, 7) is 7.02. The smallest absolute Gasteiger partial charge is 0.310 e. The number of amides is 1. The Hall–Kier alpha value is -1.59. The van der Waals surface area contributed by atoms with Gasteiger partial charge in [0.2, 0.25) is 5.91 Å². The molecule has 1 saturated carbocycles. The van der Waals surface area contributed by atoms with Crippen LogP contribution in [0.1, 0.15) is 52.9 Å². The highest BCUT2D eigenvalue weighted by molar-refractivity contribution is 5.85. The van der Waals surface area contributed by atoms with Crippen molar-refractivity contribution in [3.8, 4) is 0 Å². The van der Waals surface area contributed by atoms with Crippen molar-refractivity contribution in [2.75, 3.05) is 20.2 Å². The Kier molecular flexibility index (Phi) is 5.88. The fourth-order valence-electron chi connectivity index (χ4n) is 3.66. The molecule has 1 amide bonds. The van der Waals surface area contributed by atoms with Crippen LogP contribution in [0.15, 0.2) is 0 Å². The van der Waals surface area contributed by atoms with Crippen LogP contribution in [0.25, 0.3) is 0 Å². The molecule has 1 aliphatic heterocycles. The van der Waals surface area contributed by atoms with Gasteiger partial charge in [-0.1, -0.05) is 0 Å². The van der Waals surface area contributed by atoms with E-state index in [0.717, 1.165) is 25.9 Å². The third kappa shape index (κ3) is 4.48. The van der Waals surface area contributed by atoms with Crippen LogP contribution in [-0.4, -0.2) is 48.5 Å². The molecule has 0 aromatic carbocycles. The van der Waals surface area contributed by atoms with Crippen LogP contribution in [0, 0.1) is 17.8 Å². The van der Waals surface area contributed by atoms with Gasteiger partial charge in [-0.3, -0.25) is 14.4 Å². The van der Waals surface area contributed by atoms with Gasteiger partial charge in [0.25, 0.3) is 0 Å². The van der Waals surface area contributed by atoms with Crippen molar-refractivity contribution in [1.29, 1.82) is 0 Å². The maximum Gasteiger partial charge on any atom is 0.310 e. The molecule has 0 radical (unpaired) electrons. The number of hydrogen-bond acceptors (Lipinski definition) is 5. The van der Waals surface area contributed by atoms with Crippen molar-refractivity contribution < 1.29 is 23.9 Å². The second-order valence-corrected chi connectivity index (χ2v) is 7.81. The van der Waals surface area contributed by atoms with E-state index in [1.807, 2.05) is 4.90 Å². The summed E-state index contributed by atoms with van der Waals surface area (Å²) in [5, 5.41) is 0. The lowest BCUT2D eigenvalue weighted by Gasteiger charge is -2.35. The molecule has 1 saturated heterocycles. The van der Waals surface area contributed by atoms with E-state index in [-0.39, 0.29) is 17.8 Å². The molecule has 1 unspecified atom stereocenters. The lowest BCUT2D eigenvalue weighted by molar-refractivity contribution is -0.171. The topological polar surface area (TPSA) is 72.9 Å². The van der Waals surface area contributed by atoms with Crippen molar-refractivity contribution in [1.82, 2.24) is 4.90 Å². The molecule has 0 N–H and O–H groups in total. The molecule has 24 heavy (non-hydrogen) atoms. The number of rotatable bonds is 3. The summed E-state index contributed by atoms with van der Waals surface area (Å²) >= 11 is 0. The normalized spacial score (nSPS) is 27.7. The minimum atomic E-state index is -0.602. The average molecular weight is 339 g/mol. The first-order chi connectivity index (χ1) is 11.2. The third-order valence-corrected chi connectivity index (χ3v) is 4.83. The molecule has 6 heteroatoms. The minimum absolute atomic E-state index is 0.115. The Morgan fingerprint density at radius 1 is 0.958 bits per heavy atom. The average Bonchev–Trinajstić information content (AvgIpc) is 3.05. The Morgan fingerprint density at radius 3 is 2.12 bits per heavy atom. The van der Waals surface area contributed by atoms with Gasteiger partial charge in [-0.05, 0) is 52.9 Å². The highest BCUT2D eigenvalue weighted by Gasteiger charge is 2.44. The molecular weight excluding hydrogens is 310 g/mol. The number of carbonyl (C=O) groups is 3. The lowest BCUT2D eigenvalue weighted by atomic mass is 9.73. The molecule has 0 bridgehead atoms. The molecule has 2 fully saturated rings. The molecule has 2 rings (SSSR count). The highest BCUT2D eigenvalue weighted by Crippen LogP contribution is 2.37. The minimum Gasteiger partial charge on any atom is -0.469 e. The van der Waals surface area contributed by atoms with Gasteiger partial charge < -0.3 is 14.4 Å². The van der Waals surface area contributed by atoms with Crippen molar-refractivity contribution >= 4 is 17.8 Å². The fourth-order valence-corrected chi connectivity index (χ4v) is 3.66. The number of carbonyl (C=O) groups excluding carboxylic acids is 3. The standard InChI is InChI=1S/C18H29NO5/c1-18(2,3)24-17(22)13-8-7-12(11-14(13)16(21)23-4)15(20)19-9-5-6-10-19/h12-14H,5-11H2,1-4H3/t12?,13-,14-/m0/s1. The van der Waals surface area contributed by atoms with E-state index in [2.05, 4.69) is 0 Å². The summed E-state index contributed by atoms with van der Waals surface area (Å²) in [6, 6.07) is 0. The molecule has 1 heterocycles. The van der Waals surface area contributed by atoms with Crippen molar-refractivity contribution in [2.24, 2.45) is 17.8 Å². The predicted molar refractivity (Wildman–Crippen MR) is 88.0 cm³/mol. The van der Waals surface area contributed by atoms with Crippen LogP contribution >= 0.6 is 0 Å². The summed E-state index contributed by atoms with van der Waals surface area (Å²) in [7, 11) is 1.32. The highest BCUT2D eigenvalue weighted by atomic mass is 16.6. The summed E-state index contributed by atoms with van der Waals surface area (Å²) in [5.74, 6) is -2.01. The molecule has 3 atom stereocenters. The summed E-state index contributed by atoms with van der Waals surface area (Å²) in [6.07, 6.45) is 3.55. The van der Waals surface area contributed by atoms with Gasteiger partial charge >= 0.3 is 11.9 Å². The quantitative estimate of drug-likeness (QED) is 0.737. The summed E-state index contributed by atoms with van der Waals surface area (Å²) in [5.41, 5.74) is -0.597. The van der Waals surface area contributed by atoms with E-state index in [1.165, 1.54) is 7.11 Å². The monoisotopic (exact) mass is 339 g/mol. The Balaban J connectivity index is 2.08. The molecular formula is C18H29NO5. The first-order valence-electron chi connectivity index (χ1n) is 8.82. The van der Waals surface area contributed by atoms with Crippen LogP contribution in [0.2, 0.25) is 0 Å². The first-order valence-corrected chi connectivity index (χ1v) is 8.82. The number of nitrogens with zero attached hydrogens (tertiary/aromatic N) is 1. The SMILES string of the molecule is COC(=O)[C@H]1CC(C(=O)N2CCCC2)CC[C@@H]1C(=O)OC(C)(C)C. The number of hydrogen-bond donors (Lipinski definition) is 0. The van der Waals surface area contributed by atoms with E-state index in [0.29, 0.717) is 19.3 Å². The third-order valence-electron chi connectivity index (χ3n) is 4.83. The van der Waals surface area contributed by atoms with Gasteiger partial charge in [0.15, 0.2) is 0 Å². The van der Waals surface area contributed by atoms with Crippen molar-refractivity contribution in [2.45, 2.75) is 58.5 Å². The number of methoxy groups -OCH3 is 1. The lowest BCUT2D eigenvalue weighted by Crippen LogP contribution is -2.43. The van der Waals surface area contributed by atoms with Crippen LogP contribution in [0.3, 0.4) is 0 Å². The maximum absolute atomic E-state index is 12.6. The van der Waals surface area contributed by atoms with Gasteiger partial charge in [-0.2, -0.15) is 0 Å². The van der Waals surface area contributed by atoms with E-state index in [9.17, 15) is 14.4 Å². The number of ether oxygens (including phenoxy) is 2. The molecule has 2 aliphatic rings. The zero-order chi connectivity index (χ0) is 17.9. The van der Waals surface area contributed by atoms with Crippen molar-refractivity contribution in [3.63, 3.8) is 0 Å². The first kappa shape index (κ1) is 18.7. The molecule has 6 nitrogen and oxygen atoms in total. The number of esters is 2. The van der Waals surface area contributed by atoms with Crippen LogP contribution in [0.5, 0.6) is 0 Å². The van der Waals surface area contributed by atoms with Gasteiger partial charge in [-0.15, -0.1) is 0 Å². The molecule has 136 valence electrons. The predicted octanol–water partition coefficient (Wildman–Crippen LogP) is 2.16. The van der Waals surface area contributed by atoms with Gasteiger partial charge in [0.05, 0.1) is 18.9 Å². The second kappa shape index (κ2) is 7.53.